The Labute approximate surface area is 121 Å². The minimum Gasteiger partial charge on any atom is -0.378 e. The minimum atomic E-state index is -0.499. The molecule has 0 aliphatic heterocycles. The fraction of sp³-hybridized carbons (Fsp3) is 0.308. The van der Waals surface area contributed by atoms with Crippen LogP contribution in [0, 0.1) is 10.1 Å². The molecule has 1 aromatic heterocycles. The first kappa shape index (κ1) is 14.3. The van der Waals surface area contributed by atoms with E-state index in [9.17, 15) is 10.1 Å². The number of hydrogen-bond donors (Lipinski definition) is 1. The summed E-state index contributed by atoms with van der Waals surface area (Å²) in [4.78, 5) is 10.2. The Bertz CT molecular complexity index is 627. The van der Waals surface area contributed by atoms with E-state index in [2.05, 4.69) is 10.4 Å². The van der Waals surface area contributed by atoms with Gasteiger partial charge in [-0.25, -0.2) is 0 Å². The van der Waals surface area contributed by atoms with Gasteiger partial charge in [-0.3, -0.25) is 14.8 Å². The highest BCUT2D eigenvalue weighted by atomic mass is 35.5. The normalized spacial score (nSPS) is 12.2. The first-order valence-electron chi connectivity index (χ1n) is 6.24. The summed E-state index contributed by atoms with van der Waals surface area (Å²) in [6, 6.07) is 4.63. The van der Waals surface area contributed by atoms with Crippen molar-refractivity contribution in [2.45, 2.75) is 26.4 Å². The molecule has 2 aromatic rings. The maximum absolute atomic E-state index is 10.7. The summed E-state index contributed by atoms with van der Waals surface area (Å²) in [6.45, 7) is 4.83. The standard InChI is InChI=1S/C13H15ClN4O2/c1-3-17-8-10(7-15-17)9(2)16-11-4-5-13(18(19)20)12(14)6-11/h4-9,16H,3H2,1-2H3. The van der Waals surface area contributed by atoms with Gasteiger partial charge in [0.25, 0.3) is 5.69 Å². The Balaban J connectivity index is 2.13. The predicted molar refractivity (Wildman–Crippen MR) is 78.0 cm³/mol. The number of nitrogens with one attached hydrogen (secondary N) is 1. The number of anilines is 1. The monoisotopic (exact) mass is 294 g/mol. The molecule has 20 heavy (non-hydrogen) atoms. The third kappa shape index (κ3) is 3.08. The maximum Gasteiger partial charge on any atom is 0.288 e. The number of nitro groups is 1. The van der Waals surface area contributed by atoms with Crippen LogP contribution in [0.25, 0.3) is 0 Å². The van der Waals surface area contributed by atoms with Crippen molar-refractivity contribution in [1.29, 1.82) is 0 Å². The topological polar surface area (TPSA) is 73.0 Å². The molecule has 0 bridgehead atoms. The highest BCUT2D eigenvalue weighted by Gasteiger charge is 2.14. The molecule has 1 heterocycles. The fourth-order valence-corrected chi connectivity index (χ4v) is 2.10. The number of nitrogens with zero attached hydrogens (tertiary/aromatic N) is 3. The van der Waals surface area contributed by atoms with Crippen LogP contribution in [0.2, 0.25) is 5.02 Å². The largest absolute Gasteiger partial charge is 0.378 e. The van der Waals surface area contributed by atoms with Crippen LogP contribution in [0.15, 0.2) is 30.6 Å². The van der Waals surface area contributed by atoms with E-state index >= 15 is 0 Å². The third-order valence-corrected chi connectivity index (χ3v) is 3.31. The van der Waals surface area contributed by atoms with E-state index < -0.39 is 4.92 Å². The van der Waals surface area contributed by atoms with Crippen LogP contribution in [-0.4, -0.2) is 14.7 Å². The van der Waals surface area contributed by atoms with Gasteiger partial charge < -0.3 is 5.32 Å². The predicted octanol–water partition coefficient (Wildman–Crippen LogP) is 3.64. The van der Waals surface area contributed by atoms with Crippen LogP contribution < -0.4 is 5.32 Å². The molecule has 0 aliphatic rings. The lowest BCUT2D eigenvalue weighted by atomic mass is 10.2. The number of hydrogen-bond acceptors (Lipinski definition) is 4. The molecule has 1 aromatic carbocycles. The number of nitro benzene ring substituents is 1. The van der Waals surface area contributed by atoms with Gasteiger partial charge in [0.2, 0.25) is 0 Å². The molecule has 0 fully saturated rings. The van der Waals surface area contributed by atoms with Crippen LogP contribution in [-0.2, 0) is 6.54 Å². The van der Waals surface area contributed by atoms with Gasteiger partial charge in [0.05, 0.1) is 17.2 Å². The Morgan fingerprint density at radius 3 is 2.85 bits per heavy atom. The van der Waals surface area contributed by atoms with E-state index in [1.807, 2.05) is 24.7 Å². The second kappa shape index (κ2) is 5.92. The van der Waals surface area contributed by atoms with Gasteiger partial charge in [0.1, 0.15) is 5.02 Å². The smallest absolute Gasteiger partial charge is 0.288 e. The van der Waals surface area contributed by atoms with Gasteiger partial charge in [-0.1, -0.05) is 11.6 Å². The van der Waals surface area contributed by atoms with E-state index in [0.717, 1.165) is 17.8 Å². The Hall–Kier alpha value is -2.08. The quantitative estimate of drug-likeness (QED) is 0.675. The number of halogens is 1. The van der Waals surface area contributed by atoms with Crippen molar-refractivity contribution in [3.63, 3.8) is 0 Å². The zero-order valence-electron chi connectivity index (χ0n) is 11.2. The van der Waals surface area contributed by atoms with Gasteiger partial charge in [-0.15, -0.1) is 0 Å². The van der Waals surface area contributed by atoms with Gasteiger partial charge in [-0.05, 0) is 26.0 Å². The molecule has 7 heteroatoms. The molecule has 106 valence electrons. The minimum absolute atomic E-state index is 0.0350. The third-order valence-electron chi connectivity index (χ3n) is 3.00. The van der Waals surface area contributed by atoms with E-state index in [4.69, 9.17) is 11.6 Å². The van der Waals surface area contributed by atoms with E-state index in [1.54, 1.807) is 18.3 Å². The summed E-state index contributed by atoms with van der Waals surface area (Å²) in [6.07, 6.45) is 3.76. The van der Waals surface area contributed by atoms with Gasteiger partial charge in [-0.2, -0.15) is 5.10 Å². The van der Waals surface area contributed by atoms with Crippen molar-refractivity contribution in [2.24, 2.45) is 0 Å². The zero-order chi connectivity index (χ0) is 14.7. The molecule has 1 unspecified atom stereocenters. The molecule has 1 N–H and O–H groups in total. The first-order valence-corrected chi connectivity index (χ1v) is 6.62. The summed E-state index contributed by atoms with van der Waals surface area (Å²) >= 11 is 5.88. The lowest BCUT2D eigenvalue weighted by Gasteiger charge is -2.13. The highest BCUT2D eigenvalue weighted by Crippen LogP contribution is 2.29. The highest BCUT2D eigenvalue weighted by molar-refractivity contribution is 6.32. The van der Waals surface area contributed by atoms with Crippen molar-refractivity contribution in [1.82, 2.24) is 9.78 Å². The van der Waals surface area contributed by atoms with Crippen molar-refractivity contribution >= 4 is 23.0 Å². The summed E-state index contributed by atoms with van der Waals surface area (Å²) in [5.74, 6) is 0. The molecule has 0 radical (unpaired) electrons. The van der Waals surface area contributed by atoms with Gasteiger partial charge in [0.15, 0.2) is 0 Å². The first-order chi connectivity index (χ1) is 9.51. The maximum atomic E-state index is 10.7. The van der Waals surface area contributed by atoms with Crippen LogP contribution in [0.1, 0.15) is 25.5 Å². The average Bonchev–Trinajstić information content (AvgIpc) is 2.87. The number of aryl methyl sites for hydroxylation is 1. The van der Waals surface area contributed by atoms with E-state index in [1.165, 1.54) is 6.07 Å². The summed E-state index contributed by atoms with van der Waals surface area (Å²) in [7, 11) is 0. The van der Waals surface area contributed by atoms with Crippen molar-refractivity contribution in [3.05, 3.63) is 51.3 Å². The van der Waals surface area contributed by atoms with Gasteiger partial charge in [0, 0.05) is 30.1 Å². The molecular weight excluding hydrogens is 280 g/mol. The second-order valence-electron chi connectivity index (χ2n) is 4.42. The van der Waals surface area contributed by atoms with Crippen molar-refractivity contribution in [2.75, 3.05) is 5.32 Å². The Morgan fingerprint density at radius 1 is 1.55 bits per heavy atom. The van der Waals surface area contributed by atoms with Crippen molar-refractivity contribution < 1.29 is 4.92 Å². The van der Waals surface area contributed by atoms with E-state index in [0.29, 0.717) is 0 Å². The lowest BCUT2D eigenvalue weighted by molar-refractivity contribution is -0.384. The summed E-state index contributed by atoms with van der Waals surface area (Å²) < 4.78 is 1.84. The lowest BCUT2D eigenvalue weighted by Crippen LogP contribution is -2.06. The number of benzene rings is 1. The van der Waals surface area contributed by atoms with E-state index in [-0.39, 0.29) is 16.8 Å². The Kier molecular flexibility index (Phi) is 4.24. The molecule has 1 atom stereocenters. The van der Waals surface area contributed by atoms with Crippen LogP contribution in [0.4, 0.5) is 11.4 Å². The number of rotatable bonds is 5. The molecule has 0 spiro atoms. The molecule has 0 aliphatic carbocycles. The summed E-state index contributed by atoms with van der Waals surface area (Å²) in [5.41, 5.74) is 1.68. The van der Waals surface area contributed by atoms with Crippen molar-refractivity contribution in [3.8, 4) is 0 Å². The SMILES string of the molecule is CCn1cc(C(C)Nc2ccc([N+](=O)[O-])c(Cl)c2)cn1. The fourth-order valence-electron chi connectivity index (χ4n) is 1.85. The van der Waals surface area contributed by atoms with Gasteiger partial charge >= 0.3 is 0 Å². The molecule has 2 rings (SSSR count). The Morgan fingerprint density at radius 2 is 2.30 bits per heavy atom. The second-order valence-corrected chi connectivity index (χ2v) is 4.83. The average molecular weight is 295 g/mol. The van der Waals surface area contributed by atoms with Crippen LogP contribution in [0.3, 0.4) is 0 Å². The summed E-state index contributed by atoms with van der Waals surface area (Å²) in [5, 5.41) is 18.3. The van der Waals surface area contributed by atoms with Crippen LogP contribution >= 0.6 is 11.6 Å². The molecule has 6 nitrogen and oxygen atoms in total. The molecule has 0 amide bonds. The van der Waals surface area contributed by atoms with Crippen LogP contribution in [0.5, 0.6) is 0 Å². The molecule has 0 saturated heterocycles. The zero-order valence-corrected chi connectivity index (χ0v) is 12.0. The molecule has 0 saturated carbocycles. The molecular formula is C13H15ClN4O2. The number of aromatic nitrogens is 2.